The van der Waals surface area contributed by atoms with Gasteiger partial charge in [-0.1, -0.05) is 13.5 Å². The minimum atomic E-state index is 0.962. The van der Waals surface area contributed by atoms with Crippen molar-refractivity contribution < 1.29 is 0 Å². The van der Waals surface area contributed by atoms with E-state index in [2.05, 4.69) is 32.5 Å². The van der Waals surface area contributed by atoms with Gasteiger partial charge < -0.3 is 0 Å². The maximum Gasteiger partial charge on any atom is 0.0496 e. The van der Waals surface area contributed by atoms with Gasteiger partial charge in [-0.25, -0.2) is 0 Å². The van der Waals surface area contributed by atoms with E-state index in [1.165, 1.54) is 0 Å². The van der Waals surface area contributed by atoms with Gasteiger partial charge in [0.05, 0.1) is 0 Å². The van der Waals surface area contributed by atoms with E-state index < -0.39 is 0 Å². The Morgan fingerprint density at radius 2 is 1.91 bits per heavy atom. The van der Waals surface area contributed by atoms with E-state index in [0.29, 0.717) is 0 Å². The van der Waals surface area contributed by atoms with Crippen molar-refractivity contribution in [1.29, 1.82) is 0 Å². The van der Waals surface area contributed by atoms with Crippen molar-refractivity contribution in [2.45, 2.75) is 27.2 Å². The van der Waals surface area contributed by atoms with Crippen molar-refractivity contribution in [2.24, 2.45) is 5.10 Å². The van der Waals surface area contributed by atoms with Crippen LogP contribution in [0.5, 0.6) is 0 Å². The number of nitrogens with zero attached hydrogens (tertiary/aromatic N) is 2. The maximum absolute atomic E-state index is 4.24. The first-order valence-electron chi connectivity index (χ1n) is 4.21. The van der Waals surface area contributed by atoms with E-state index in [9.17, 15) is 0 Å². The third kappa shape index (κ3) is 4.59. The molecule has 0 saturated heterocycles. The summed E-state index contributed by atoms with van der Waals surface area (Å²) < 4.78 is 0. The van der Waals surface area contributed by atoms with Crippen LogP contribution < -0.4 is 0 Å². The molecule has 0 radical (unpaired) electrons. The highest BCUT2D eigenvalue weighted by molar-refractivity contribution is 5.77. The monoisotopic (exact) mass is 154 g/mol. The Hall–Kier alpha value is -0.790. The summed E-state index contributed by atoms with van der Waals surface area (Å²) in [5.41, 5.74) is 1.08. The zero-order chi connectivity index (χ0) is 8.69. The molecule has 0 bridgehead atoms. The van der Waals surface area contributed by atoms with Crippen LogP contribution in [0.3, 0.4) is 0 Å². The van der Waals surface area contributed by atoms with E-state index in [1.54, 1.807) is 0 Å². The summed E-state index contributed by atoms with van der Waals surface area (Å²) >= 11 is 0. The molecule has 0 atom stereocenters. The molecule has 0 spiro atoms. The van der Waals surface area contributed by atoms with Gasteiger partial charge in [0, 0.05) is 19.3 Å². The van der Waals surface area contributed by atoms with Crippen LogP contribution >= 0.6 is 0 Å². The van der Waals surface area contributed by atoms with Gasteiger partial charge in [-0.15, -0.1) is 0 Å². The molecule has 2 heteroatoms. The highest BCUT2D eigenvalue weighted by atomic mass is 15.4. The molecule has 11 heavy (non-hydrogen) atoms. The van der Waals surface area contributed by atoms with Crippen LogP contribution in [0.15, 0.2) is 17.3 Å². The molecule has 0 aliphatic carbocycles. The number of hydrogen-bond acceptors (Lipinski definition) is 2. The van der Waals surface area contributed by atoms with Crippen molar-refractivity contribution in [3.05, 3.63) is 12.2 Å². The van der Waals surface area contributed by atoms with Crippen molar-refractivity contribution in [3.63, 3.8) is 0 Å². The molecule has 0 heterocycles. The van der Waals surface area contributed by atoms with Gasteiger partial charge in [-0.2, -0.15) is 5.10 Å². The lowest BCUT2D eigenvalue weighted by Gasteiger charge is -2.12. The first-order chi connectivity index (χ1) is 5.24. The van der Waals surface area contributed by atoms with E-state index >= 15 is 0 Å². The topological polar surface area (TPSA) is 15.6 Å². The van der Waals surface area contributed by atoms with Gasteiger partial charge >= 0.3 is 0 Å². The summed E-state index contributed by atoms with van der Waals surface area (Å²) in [5.74, 6) is 0. The second-order valence-electron chi connectivity index (χ2n) is 2.40. The van der Waals surface area contributed by atoms with Crippen LogP contribution in [0.25, 0.3) is 0 Å². The fraction of sp³-hybridized carbons (Fsp3) is 0.667. The van der Waals surface area contributed by atoms with E-state index in [4.69, 9.17) is 0 Å². The van der Waals surface area contributed by atoms with E-state index in [0.717, 1.165) is 25.1 Å². The van der Waals surface area contributed by atoms with Gasteiger partial charge in [-0.3, -0.25) is 5.01 Å². The van der Waals surface area contributed by atoms with Crippen LogP contribution in [-0.2, 0) is 0 Å². The summed E-state index contributed by atoms with van der Waals surface area (Å²) in [6.07, 6.45) is 2.82. The zero-order valence-electron chi connectivity index (χ0n) is 7.80. The van der Waals surface area contributed by atoms with Gasteiger partial charge in [0.1, 0.15) is 0 Å². The SMILES string of the molecule is C=C(/C=N\N(CC)CC)CC. The predicted molar refractivity (Wildman–Crippen MR) is 50.8 cm³/mol. The van der Waals surface area contributed by atoms with Gasteiger partial charge in [0.25, 0.3) is 0 Å². The third-order valence-electron chi connectivity index (χ3n) is 1.59. The molecule has 0 rings (SSSR count). The summed E-state index contributed by atoms with van der Waals surface area (Å²) in [4.78, 5) is 0. The first-order valence-corrected chi connectivity index (χ1v) is 4.21. The number of rotatable bonds is 5. The fourth-order valence-corrected chi connectivity index (χ4v) is 0.641. The maximum atomic E-state index is 4.24. The Morgan fingerprint density at radius 1 is 1.36 bits per heavy atom. The Kier molecular flexibility index (Phi) is 5.53. The smallest absolute Gasteiger partial charge is 0.0496 e. The number of allylic oxidation sites excluding steroid dienone is 1. The molecular formula is C9H18N2. The molecule has 0 aliphatic heterocycles. The minimum Gasteiger partial charge on any atom is -0.298 e. The number of hydrazone groups is 1. The second kappa shape index (κ2) is 5.96. The molecule has 64 valence electrons. The Bertz CT molecular complexity index is 134. The van der Waals surface area contributed by atoms with E-state index in [1.807, 2.05) is 11.2 Å². The summed E-state index contributed by atoms with van der Waals surface area (Å²) in [7, 11) is 0. The lowest BCUT2D eigenvalue weighted by atomic mass is 10.3. The Morgan fingerprint density at radius 3 is 2.27 bits per heavy atom. The molecule has 0 aromatic rings. The third-order valence-corrected chi connectivity index (χ3v) is 1.59. The summed E-state index contributed by atoms with van der Waals surface area (Å²) in [6, 6.07) is 0. The van der Waals surface area contributed by atoms with Gasteiger partial charge in [0.15, 0.2) is 0 Å². The molecule has 0 aromatic heterocycles. The zero-order valence-corrected chi connectivity index (χ0v) is 7.80. The largest absolute Gasteiger partial charge is 0.298 e. The average molecular weight is 154 g/mol. The quantitative estimate of drug-likeness (QED) is 0.438. The Balaban J connectivity index is 3.78. The van der Waals surface area contributed by atoms with Gasteiger partial charge in [-0.05, 0) is 25.8 Å². The van der Waals surface area contributed by atoms with Crippen molar-refractivity contribution in [3.8, 4) is 0 Å². The molecule has 0 aliphatic rings. The lowest BCUT2D eigenvalue weighted by molar-refractivity contribution is 0.323. The van der Waals surface area contributed by atoms with Gasteiger partial charge in [0.2, 0.25) is 0 Å². The second-order valence-corrected chi connectivity index (χ2v) is 2.40. The lowest BCUT2D eigenvalue weighted by Crippen LogP contribution is -2.15. The molecule has 0 fully saturated rings. The first kappa shape index (κ1) is 10.2. The van der Waals surface area contributed by atoms with Crippen molar-refractivity contribution in [1.82, 2.24) is 5.01 Å². The predicted octanol–water partition coefficient (Wildman–Crippen LogP) is 2.28. The summed E-state index contributed by atoms with van der Waals surface area (Å²) in [6.45, 7) is 12.0. The summed E-state index contributed by atoms with van der Waals surface area (Å²) in [5, 5.41) is 6.24. The molecule has 0 aromatic carbocycles. The van der Waals surface area contributed by atoms with Crippen LogP contribution in [-0.4, -0.2) is 24.3 Å². The van der Waals surface area contributed by atoms with Crippen molar-refractivity contribution >= 4 is 6.21 Å². The number of hydrogen-bond donors (Lipinski definition) is 0. The standard InChI is InChI=1S/C9H18N2/c1-5-9(4)8-10-11(6-2)7-3/h8H,4-7H2,1-3H3/b10-8-. The molecule has 0 amide bonds. The van der Waals surface area contributed by atoms with Crippen LogP contribution in [0.2, 0.25) is 0 Å². The van der Waals surface area contributed by atoms with Crippen LogP contribution in [0, 0.1) is 0 Å². The normalized spacial score (nSPS) is 10.5. The van der Waals surface area contributed by atoms with Crippen molar-refractivity contribution in [2.75, 3.05) is 13.1 Å². The average Bonchev–Trinajstić information content (AvgIpc) is 2.06. The minimum absolute atomic E-state index is 0.962. The van der Waals surface area contributed by atoms with E-state index in [-0.39, 0.29) is 0 Å². The Labute approximate surface area is 69.6 Å². The molecular weight excluding hydrogens is 136 g/mol. The highest BCUT2D eigenvalue weighted by Gasteiger charge is 1.89. The fourth-order valence-electron chi connectivity index (χ4n) is 0.641. The molecule has 0 N–H and O–H groups in total. The highest BCUT2D eigenvalue weighted by Crippen LogP contribution is 1.93. The molecule has 2 nitrogen and oxygen atoms in total. The van der Waals surface area contributed by atoms with Crippen LogP contribution in [0.4, 0.5) is 0 Å². The molecule has 0 unspecified atom stereocenters. The molecule has 0 saturated carbocycles. The van der Waals surface area contributed by atoms with Crippen LogP contribution in [0.1, 0.15) is 27.2 Å².